The molecule has 0 amide bonds. The summed E-state index contributed by atoms with van der Waals surface area (Å²) >= 11 is 1.76. The molecule has 100 valence electrons. The first-order valence-electron chi connectivity index (χ1n) is 6.43. The van der Waals surface area contributed by atoms with Gasteiger partial charge in [0.05, 0.1) is 10.2 Å². The minimum absolute atomic E-state index is 0.232. The number of hydrogen-bond donors (Lipinski definition) is 1. The van der Waals surface area contributed by atoms with Gasteiger partial charge in [0.1, 0.15) is 0 Å². The van der Waals surface area contributed by atoms with Gasteiger partial charge in [-0.1, -0.05) is 37.3 Å². The predicted octanol–water partition coefficient (Wildman–Crippen LogP) is 3.10. The lowest BCUT2D eigenvalue weighted by molar-refractivity contribution is 0.162. The van der Waals surface area contributed by atoms with Crippen LogP contribution in [0.2, 0.25) is 0 Å². The average molecular weight is 284 g/mol. The maximum atomic E-state index is 12.2. The second-order valence-electron chi connectivity index (χ2n) is 4.63. The SMILES string of the molecule is CCS[C@@]1(C[C@H](O)c2ccccc2)CCC[S@]1=O. The van der Waals surface area contributed by atoms with Crippen molar-refractivity contribution in [3.63, 3.8) is 0 Å². The van der Waals surface area contributed by atoms with Gasteiger partial charge in [0.25, 0.3) is 0 Å². The number of thioether (sulfide) groups is 1. The number of hydrogen-bond acceptors (Lipinski definition) is 3. The molecule has 0 radical (unpaired) electrons. The molecule has 2 nitrogen and oxygen atoms in total. The van der Waals surface area contributed by atoms with Gasteiger partial charge < -0.3 is 5.11 Å². The fourth-order valence-electron chi connectivity index (χ4n) is 2.51. The molecule has 0 aliphatic carbocycles. The summed E-state index contributed by atoms with van der Waals surface area (Å²) < 4.78 is 12.0. The second-order valence-corrected chi connectivity index (χ2v) is 8.41. The Balaban J connectivity index is 2.12. The molecule has 1 aliphatic heterocycles. The highest BCUT2D eigenvalue weighted by atomic mass is 32.2. The lowest BCUT2D eigenvalue weighted by Crippen LogP contribution is -2.29. The lowest BCUT2D eigenvalue weighted by atomic mass is 10.0. The zero-order valence-corrected chi connectivity index (χ0v) is 12.3. The summed E-state index contributed by atoms with van der Waals surface area (Å²) in [5.74, 6) is 1.74. The molecule has 0 saturated carbocycles. The fraction of sp³-hybridized carbons (Fsp3) is 0.571. The first-order chi connectivity index (χ1) is 8.68. The Bertz CT molecular complexity index is 408. The number of benzene rings is 1. The summed E-state index contributed by atoms with van der Waals surface area (Å²) in [6.45, 7) is 2.09. The van der Waals surface area contributed by atoms with E-state index in [1.165, 1.54) is 0 Å². The maximum absolute atomic E-state index is 12.2. The summed E-state index contributed by atoms with van der Waals surface area (Å²) in [5.41, 5.74) is 0.928. The molecule has 2 rings (SSSR count). The van der Waals surface area contributed by atoms with Crippen LogP contribution in [0, 0.1) is 0 Å². The first-order valence-corrected chi connectivity index (χ1v) is 8.74. The van der Waals surface area contributed by atoms with Crippen molar-refractivity contribution in [2.45, 2.75) is 36.4 Å². The Morgan fingerprint density at radius 3 is 2.72 bits per heavy atom. The molecule has 1 aromatic rings. The molecule has 4 heteroatoms. The smallest absolute Gasteiger partial charge is 0.0936 e. The van der Waals surface area contributed by atoms with E-state index in [1.807, 2.05) is 30.3 Å². The van der Waals surface area contributed by atoms with Crippen molar-refractivity contribution in [3.05, 3.63) is 35.9 Å². The van der Waals surface area contributed by atoms with Crippen LogP contribution < -0.4 is 0 Å². The van der Waals surface area contributed by atoms with Crippen LogP contribution in [0.5, 0.6) is 0 Å². The normalized spacial score (nSPS) is 29.3. The second kappa shape index (κ2) is 6.22. The summed E-state index contributed by atoms with van der Waals surface area (Å²) in [7, 11) is -0.811. The molecular formula is C14H20O2S2. The molecule has 1 aliphatic rings. The van der Waals surface area contributed by atoms with Crippen LogP contribution in [0.15, 0.2) is 30.3 Å². The van der Waals surface area contributed by atoms with Crippen molar-refractivity contribution in [1.29, 1.82) is 0 Å². The van der Waals surface area contributed by atoms with Gasteiger partial charge in [0, 0.05) is 23.0 Å². The van der Waals surface area contributed by atoms with Crippen LogP contribution in [-0.4, -0.2) is 24.9 Å². The Hall–Kier alpha value is -0.320. The van der Waals surface area contributed by atoms with Crippen molar-refractivity contribution >= 4 is 22.6 Å². The zero-order chi connectivity index (χ0) is 13.0. The topological polar surface area (TPSA) is 37.3 Å². The van der Waals surface area contributed by atoms with Crippen molar-refractivity contribution in [1.82, 2.24) is 0 Å². The predicted molar refractivity (Wildman–Crippen MR) is 79.1 cm³/mol. The highest BCUT2D eigenvalue weighted by molar-refractivity contribution is 8.12. The van der Waals surface area contributed by atoms with Crippen molar-refractivity contribution in [2.24, 2.45) is 0 Å². The molecule has 1 N–H and O–H groups in total. The zero-order valence-electron chi connectivity index (χ0n) is 10.7. The molecule has 18 heavy (non-hydrogen) atoms. The van der Waals surface area contributed by atoms with Gasteiger partial charge in [-0.05, 0) is 24.2 Å². The summed E-state index contributed by atoms with van der Waals surface area (Å²) in [4.78, 5) is 0. The quantitative estimate of drug-likeness (QED) is 0.903. The molecule has 1 heterocycles. The van der Waals surface area contributed by atoms with Crippen LogP contribution in [0.3, 0.4) is 0 Å². The van der Waals surface area contributed by atoms with Gasteiger partial charge in [-0.2, -0.15) is 0 Å². The fourth-order valence-corrected chi connectivity index (χ4v) is 6.23. The third kappa shape index (κ3) is 2.98. The van der Waals surface area contributed by atoms with Crippen LogP contribution in [0.4, 0.5) is 0 Å². The summed E-state index contributed by atoms with van der Waals surface area (Å²) in [6, 6.07) is 9.69. The van der Waals surface area contributed by atoms with E-state index in [0.29, 0.717) is 6.42 Å². The van der Waals surface area contributed by atoms with Gasteiger partial charge in [-0.15, -0.1) is 11.8 Å². The standard InChI is InChI=1S/C14H20O2S2/c1-2-17-14(9-6-10-18(14)16)11-13(15)12-7-4-3-5-8-12/h3-5,7-8,13,15H,2,6,9-11H2,1H3/t13-,14-,18+/m0/s1. The third-order valence-electron chi connectivity index (χ3n) is 3.40. The minimum atomic E-state index is -0.811. The van der Waals surface area contributed by atoms with Gasteiger partial charge in [-0.25, -0.2) is 0 Å². The van der Waals surface area contributed by atoms with E-state index in [-0.39, 0.29) is 4.08 Å². The molecule has 1 saturated heterocycles. The molecule has 0 aromatic heterocycles. The van der Waals surface area contributed by atoms with E-state index in [9.17, 15) is 9.32 Å². The Kier molecular flexibility index (Phi) is 4.87. The van der Waals surface area contributed by atoms with Crippen LogP contribution in [0.1, 0.15) is 37.9 Å². The van der Waals surface area contributed by atoms with E-state index in [4.69, 9.17) is 0 Å². The van der Waals surface area contributed by atoms with Gasteiger partial charge in [0.15, 0.2) is 0 Å². The number of aliphatic hydroxyl groups is 1. The Morgan fingerprint density at radius 2 is 2.17 bits per heavy atom. The average Bonchev–Trinajstić information content (AvgIpc) is 2.72. The Morgan fingerprint density at radius 1 is 1.44 bits per heavy atom. The largest absolute Gasteiger partial charge is 0.388 e. The lowest BCUT2D eigenvalue weighted by Gasteiger charge is -2.29. The third-order valence-corrected chi connectivity index (χ3v) is 7.36. The Labute approximate surface area is 116 Å². The summed E-state index contributed by atoms with van der Waals surface area (Å²) in [5, 5.41) is 10.3. The van der Waals surface area contributed by atoms with E-state index in [0.717, 1.165) is 29.9 Å². The van der Waals surface area contributed by atoms with Crippen LogP contribution >= 0.6 is 11.8 Å². The molecular weight excluding hydrogens is 264 g/mol. The number of rotatable bonds is 5. The monoisotopic (exact) mass is 284 g/mol. The number of aliphatic hydroxyl groups excluding tert-OH is 1. The van der Waals surface area contributed by atoms with Crippen LogP contribution in [0.25, 0.3) is 0 Å². The molecule has 3 atom stereocenters. The van der Waals surface area contributed by atoms with Gasteiger partial charge >= 0.3 is 0 Å². The van der Waals surface area contributed by atoms with E-state index < -0.39 is 16.9 Å². The van der Waals surface area contributed by atoms with E-state index in [2.05, 4.69) is 6.92 Å². The van der Waals surface area contributed by atoms with Crippen molar-refractivity contribution in [3.8, 4) is 0 Å². The molecule has 1 aromatic carbocycles. The van der Waals surface area contributed by atoms with Gasteiger partial charge in [0.2, 0.25) is 0 Å². The summed E-state index contributed by atoms with van der Waals surface area (Å²) in [6.07, 6.45) is 2.07. The van der Waals surface area contributed by atoms with E-state index >= 15 is 0 Å². The highest BCUT2D eigenvalue weighted by Gasteiger charge is 2.42. The van der Waals surface area contributed by atoms with Crippen molar-refractivity contribution in [2.75, 3.05) is 11.5 Å². The van der Waals surface area contributed by atoms with Crippen molar-refractivity contribution < 1.29 is 9.32 Å². The highest BCUT2D eigenvalue weighted by Crippen LogP contribution is 2.45. The molecule has 0 bridgehead atoms. The molecule has 0 spiro atoms. The van der Waals surface area contributed by atoms with Crippen LogP contribution in [-0.2, 0) is 10.8 Å². The molecule has 1 fully saturated rings. The van der Waals surface area contributed by atoms with Gasteiger partial charge in [-0.3, -0.25) is 4.21 Å². The molecule has 0 unspecified atom stereocenters. The first kappa shape index (κ1) is 14.1. The van der Waals surface area contributed by atoms with E-state index in [1.54, 1.807) is 11.8 Å². The maximum Gasteiger partial charge on any atom is 0.0936 e. The minimum Gasteiger partial charge on any atom is -0.388 e.